The van der Waals surface area contributed by atoms with E-state index in [1.165, 1.54) is 6.92 Å². The molecule has 14 unspecified atom stereocenters. The van der Waals surface area contributed by atoms with Gasteiger partial charge in [-0.15, -0.1) is 0 Å². The normalized spacial score (nSPS) is 55.0. The average Bonchev–Trinajstić information content (AvgIpc) is 2.72. The third kappa shape index (κ3) is 4.71. The molecule has 32 heavy (non-hydrogen) atoms. The lowest BCUT2D eigenvalue weighted by atomic mass is 9.69. The SMILES string of the molecule is CCC1OC(C2C(C)CC(N)C(OC3OCC(C)(O)C(NC)C3O)C2O)C(O)C(O)C1O. The van der Waals surface area contributed by atoms with E-state index in [2.05, 4.69) is 5.32 Å². The number of nitrogens with one attached hydrogen (secondary N) is 1. The molecule has 2 aliphatic heterocycles. The van der Waals surface area contributed by atoms with E-state index in [9.17, 15) is 30.6 Å². The van der Waals surface area contributed by atoms with Gasteiger partial charge in [-0.3, -0.25) is 0 Å². The molecule has 0 aromatic rings. The Balaban J connectivity index is 1.79. The molecule has 0 spiro atoms. The Morgan fingerprint density at radius 3 is 2.31 bits per heavy atom. The number of hydrogen-bond acceptors (Lipinski definition) is 11. The minimum atomic E-state index is -1.41. The number of ether oxygens (including phenoxy) is 3. The molecular formula is C21H40N2O9. The van der Waals surface area contributed by atoms with Gasteiger partial charge in [0.05, 0.1) is 31.0 Å². The van der Waals surface area contributed by atoms with Crippen molar-refractivity contribution in [1.82, 2.24) is 5.32 Å². The van der Waals surface area contributed by atoms with Crippen molar-refractivity contribution in [2.45, 2.75) is 106 Å². The van der Waals surface area contributed by atoms with E-state index in [-0.39, 0.29) is 12.5 Å². The summed E-state index contributed by atoms with van der Waals surface area (Å²) < 4.78 is 17.4. The van der Waals surface area contributed by atoms with Crippen molar-refractivity contribution in [3.8, 4) is 0 Å². The molecule has 0 radical (unpaired) electrons. The van der Waals surface area contributed by atoms with Crippen LogP contribution in [0.2, 0.25) is 0 Å². The molecule has 0 bridgehead atoms. The van der Waals surface area contributed by atoms with Gasteiger partial charge >= 0.3 is 0 Å². The summed E-state index contributed by atoms with van der Waals surface area (Å²) in [6.45, 7) is 5.12. The van der Waals surface area contributed by atoms with Gasteiger partial charge in [-0.1, -0.05) is 13.8 Å². The molecule has 9 N–H and O–H groups in total. The first-order valence-electron chi connectivity index (χ1n) is 11.4. The summed E-state index contributed by atoms with van der Waals surface area (Å²) in [4.78, 5) is 0. The molecule has 11 heteroatoms. The van der Waals surface area contributed by atoms with Crippen molar-refractivity contribution in [2.24, 2.45) is 17.6 Å². The van der Waals surface area contributed by atoms with Crippen LogP contribution in [0.1, 0.15) is 33.6 Å². The van der Waals surface area contributed by atoms with E-state index in [1.54, 1.807) is 14.0 Å². The van der Waals surface area contributed by atoms with Crippen LogP contribution in [0.3, 0.4) is 0 Å². The highest BCUT2D eigenvalue weighted by Crippen LogP contribution is 2.40. The first-order chi connectivity index (χ1) is 14.9. The number of nitrogens with two attached hydrogens (primary N) is 1. The van der Waals surface area contributed by atoms with E-state index in [1.807, 2.05) is 6.92 Å². The minimum Gasteiger partial charge on any atom is -0.390 e. The molecule has 0 aromatic carbocycles. The van der Waals surface area contributed by atoms with Crippen LogP contribution >= 0.6 is 0 Å². The molecular weight excluding hydrogens is 424 g/mol. The fourth-order valence-electron chi connectivity index (χ4n) is 5.58. The highest BCUT2D eigenvalue weighted by atomic mass is 16.7. The van der Waals surface area contributed by atoms with Crippen LogP contribution in [-0.2, 0) is 14.2 Å². The van der Waals surface area contributed by atoms with Gasteiger partial charge in [-0.25, -0.2) is 0 Å². The zero-order valence-electron chi connectivity index (χ0n) is 19.1. The number of hydrogen-bond donors (Lipinski definition) is 8. The van der Waals surface area contributed by atoms with E-state index in [0.717, 1.165) is 0 Å². The molecule has 1 saturated carbocycles. The van der Waals surface area contributed by atoms with Crippen molar-refractivity contribution in [1.29, 1.82) is 0 Å². The standard InChI is InChI=1S/C21H40N2O9/c1-5-10-12(24)14(26)15(27)18(31-10)11-8(2)6-9(22)17(13(11)25)32-20-16(28)19(23-4)21(3,29)7-30-20/h8-20,23-29H,5-7,22H2,1-4H3. The molecule has 3 rings (SSSR count). The Labute approximate surface area is 188 Å². The van der Waals surface area contributed by atoms with Crippen LogP contribution in [-0.4, -0.2) is 117 Å². The van der Waals surface area contributed by atoms with Crippen LogP contribution < -0.4 is 11.1 Å². The molecule has 188 valence electrons. The highest BCUT2D eigenvalue weighted by Gasteiger charge is 2.54. The van der Waals surface area contributed by atoms with E-state index >= 15 is 0 Å². The molecule has 2 saturated heterocycles. The van der Waals surface area contributed by atoms with Gasteiger partial charge in [0.1, 0.15) is 36.1 Å². The predicted molar refractivity (Wildman–Crippen MR) is 112 cm³/mol. The Hall–Kier alpha value is -0.440. The van der Waals surface area contributed by atoms with Gasteiger partial charge < -0.3 is 55.9 Å². The molecule has 2 heterocycles. The van der Waals surface area contributed by atoms with E-state index in [0.29, 0.717) is 12.8 Å². The van der Waals surface area contributed by atoms with Crippen molar-refractivity contribution < 1.29 is 44.8 Å². The molecule has 14 atom stereocenters. The third-order valence-electron chi connectivity index (χ3n) is 7.42. The monoisotopic (exact) mass is 464 g/mol. The zero-order chi connectivity index (χ0) is 24.0. The molecule has 0 amide bonds. The highest BCUT2D eigenvalue weighted by molar-refractivity contribution is 5.04. The fraction of sp³-hybridized carbons (Fsp3) is 1.00. The van der Waals surface area contributed by atoms with Gasteiger partial charge in [-0.05, 0) is 32.7 Å². The lowest BCUT2D eigenvalue weighted by Gasteiger charge is -2.51. The largest absolute Gasteiger partial charge is 0.390 e. The fourth-order valence-corrected chi connectivity index (χ4v) is 5.58. The molecule has 11 nitrogen and oxygen atoms in total. The minimum absolute atomic E-state index is 0.0924. The smallest absolute Gasteiger partial charge is 0.185 e. The van der Waals surface area contributed by atoms with Crippen LogP contribution in [0.4, 0.5) is 0 Å². The maximum atomic E-state index is 11.3. The van der Waals surface area contributed by atoms with E-state index < -0.39 is 78.7 Å². The molecule has 3 aliphatic rings. The first kappa shape index (κ1) is 26.2. The second-order valence-corrected chi connectivity index (χ2v) is 9.86. The Morgan fingerprint density at radius 1 is 1.06 bits per heavy atom. The number of rotatable bonds is 5. The molecule has 1 aliphatic carbocycles. The second kappa shape index (κ2) is 10.0. The summed E-state index contributed by atoms with van der Waals surface area (Å²) in [6.07, 6.45) is -9.31. The van der Waals surface area contributed by atoms with Gasteiger partial charge in [0, 0.05) is 12.0 Å². The summed E-state index contributed by atoms with van der Waals surface area (Å²) in [7, 11) is 1.61. The maximum absolute atomic E-state index is 11.3. The van der Waals surface area contributed by atoms with Crippen LogP contribution in [0.25, 0.3) is 0 Å². The summed E-state index contributed by atoms with van der Waals surface area (Å²) in [6, 6.07) is -1.31. The summed E-state index contributed by atoms with van der Waals surface area (Å²) in [5, 5.41) is 66.4. The zero-order valence-corrected chi connectivity index (χ0v) is 19.1. The van der Waals surface area contributed by atoms with Crippen LogP contribution in [0.5, 0.6) is 0 Å². The average molecular weight is 465 g/mol. The maximum Gasteiger partial charge on any atom is 0.185 e. The number of aliphatic hydroxyl groups excluding tert-OH is 5. The van der Waals surface area contributed by atoms with Crippen LogP contribution in [0.15, 0.2) is 0 Å². The van der Waals surface area contributed by atoms with E-state index in [4.69, 9.17) is 19.9 Å². The van der Waals surface area contributed by atoms with Crippen molar-refractivity contribution in [3.63, 3.8) is 0 Å². The summed E-state index contributed by atoms with van der Waals surface area (Å²) >= 11 is 0. The number of likely N-dealkylation sites (N-methyl/N-ethyl adjacent to an activating group) is 1. The summed E-state index contributed by atoms with van der Waals surface area (Å²) in [5.41, 5.74) is 4.98. The van der Waals surface area contributed by atoms with Gasteiger partial charge in [0.25, 0.3) is 0 Å². The topological polar surface area (TPSA) is 187 Å². The van der Waals surface area contributed by atoms with Crippen molar-refractivity contribution in [2.75, 3.05) is 13.7 Å². The molecule has 3 fully saturated rings. The predicted octanol–water partition coefficient (Wildman–Crippen LogP) is -2.97. The van der Waals surface area contributed by atoms with Gasteiger partial charge in [-0.2, -0.15) is 0 Å². The molecule has 0 aromatic heterocycles. The van der Waals surface area contributed by atoms with Gasteiger partial charge in [0.15, 0.2) is 6.29 Å². The third-order valence-corrected chi connectivity index (χ3v) is 7.42. The first-order valence-corrected chi connectivity index (χ1v) is 11.4. The Morgan fingerprint density at radius 2 is 1.72 bits per heavy atom. The Kier molecular flexibility index (Phi) is 8.21. The lowest BCUT2D eigenvalue weighted by Crippen LogP contribution is -2.68. The van der Waals surface area contributed by atoms with Gasteiger partial charge in [0.2, 0.25) is 0 Å². The second-order valence-electron chi connectivity index (χ2n) is 9.86. The Bertz CT molecular complexity index is 624. The van der Waals surface area contributed by atoms with Crippen molar-refractivity contribution in [3.05, 3.63) is 0 Å². The number of aliphatic hydroxyl groups is 6. The summed E-state index contributed by atoms with van der Waals surface area (Å²) in [5.74, 6) is -0.822. The van der Waals surface area contributed by atoms with Crippen molar-refractivity contribution >= 4 is 0 Å². The van der Waals surface area contributed by atoms with Crippen LogP contribution in [0, 0.1) is 11.8 Å². The lowest BCUT2D eigenvalue weighted by molar-refractivity contribution is -0.304. The quantitative estimate of drug-likeness (QED) is 0.208.